The first-order valence-electron chi connectivity index (χ1n) is 6.73. The van der Waals surface area contributed by atoms with Crippen LogP contribution in [0.5, 0.6) is 0 Å². The van der Waals surface area contributed by atoms with Gasteiger partial charge in [-0.2, -0.15) is 16.3 Å². The van der Waals surface area contributed by atoms with Gasteiger partial charge in [-0.1, -0.05) is 5.16 Å². The van der Waals surface area contributed by atoms with E-state index in [4.69, 9.17) is 4.52 Å². The standard InChI is InChI=1S/C14H13N5OS/c1-3-15-12(16-4-1)13-17-14(20-18-13)11-7-19(8-11)6-10-2-5-21-9-10/h1-5,9,11H,6-8H2. The van der Waals surface area contributed by atoms with Crippen molar-refractivity contribution in [1.82, 2.24) is 25.0 Å². The van der Waals surface area contributed by atoms with Crippen LogP contribution in [0.4, 0.5) is 0 Å². The highest BCUT2D eigenvalue weighted by Gasteiger charge is 2.32. The summed E-state index contributed by atoms with van der Waals surface area (Å²) < 4.78 is 5.34. The van der Waals surface area contributed by atoms with Gasteiger partial charge in [-0.05, 0) is 28.5 Å². The summed E-state index contributed by atoms with van der Waals surface area (Å²) in [6.07, 6.45) is 3.34. The smallest absolute Gasteiger partial charge is 0.240 e. The highest BCUT2D eigenvalue weighted by atomic mass is 32.1. The molecule has 4 rings (SSSR count). The first kappa shape index (κ1) is 12.6. The van der Waals surface area contributed by atoms with Gasteiger partial charge in [0, 0.05) is 32.0 Å². The third-order valence-electron chi connectivity index (χ3n) is 3.50. The molecule has 21 heavy (non-hydrogen) atoms. The summed E-state index contributed by atoms with van der Waals surface area (Å²) in [6.45, 7) is 2.89. The molecule has 0 bridgehead atoms. The van der Waals surface area contributed by atoms with Crippen molar-refractivity contribution < 1.29 is 4.52 Å². The Morgan fingerprint density at radius 2 is 2.10 bits per heavy atom. The van der Waals surface area contributed by atoms with Crippen molar-refractivity contribution in [2.75, 3.05) is 13.1 Å². The van der Waals surface area contributed by atoms with Crippen LogP contribution in [-0.4, -0.2) is 38.1 Å². The summed E-state index contributed by atoms with van der Waals surface area (Å²) in [5.41, 5.74) is 1.36. The molecule has 0 N–H and O–H groups in total. The predicted octanol–water partition coefficient (Wildman–Crippen LogP) is 2.19. The van der Waals surface area contributed by atoms with Crippen LogP contribution in [0.25, 0.3) is 11.6 Å². The number of nitrogens with zero attached hydrogens (tertiary/aromatic N) is 5. The zero-order valence-corrected chi connectivity index (χ0v) is 12.0. The SMILES string of the molecule is c1cnc(-c2noc(C3CN(Cc4ccsc4)C3)n2)nc1. The third kappa shape index (κ3) is 2.57. The Morgan fingerprint density at radius 3 is 2.86 bits per heavy atom. The molecule has 0 aliphatic carbocycles. The van der Waals surface area contributed by atoms with E-state index in [9.17, 15) is 0 Å². The van der Waals surface area contributed by atoms with Crippen molar-refractivity contribution in [2.24, 2.45) is 0 Å². The highest BCUT2D eigenvalue weighted by Crippen LogP contribution is 2.28. The molecule has 1 fully saturated rings. The van der Waals surface area contributed by atoms with Gasteiger partial charge >= 0.3 is 0 Å². The van der Waals surface area contributed by atoms with Gasteiger partial charge in [0.25, 0.3) is 0 Å². The van der Waals surface area contributed by atoms with E-state index >= 15 is 0 Å². The van der Waals surface area contributed by atoms with Gasteiger partial charge in [0.1, 0.15) is 0 Å². The molecule has 106 valence electrons. The molecule has 4 heterocycles. The Balaban J connectivity index is 1.40. The second-order valence-electron chi connectivity index (χ2n) is 5.05. The first-order chi connectivity index (χ1) is 10.4. The lowest BCUT2D eigenvalue weighted by molar-refractivity contribution is 0.117. The van der Waals surface area contributed by atoms with Gasteiger partial charge in [-0.15, -0.1) is 0 Å². The number of aromatic nitrogens is 4. The largest absolute Gasteiger partial charge is 0.338 e. The first-order valence-corrected chi connectivity index (χ1v) is 7.67. The van der Waals surface area contributed by atoms with Crippen molar-refractivity contribution in [2.45, 2.75) is 12.5 Å². The lowest BCUT2D eigenvalue weighted by atomic mass is 10.00. The minimum absolute atomic E-state index is 0.314. The van der Waals surface area contributed by atoms with Gasteiger partial charge in [-0.25, -0.2) is 9.97 Å². The lowest BCUT2D eigenvalue weighted by Gasteiger charge is -2.36. The molecule has 0 spiro atoms. The number of hydrogen-bond donors (Lipinski definition) is 0. The van der Waals surface area contributed by atoms with Crippen molar-refractivity contribution in [3.05, 3.63) is 46.7 Å². The maximum Gasteiger partial charge on any atom is 0.240 e. The van der Waals surface area contributed by atoms with Crippen molar-refractivity contribution in [3.63, 3.8) is 0 Å². The van der Waals surface area contributed by atoms with Crippen LogP contribution in [0.15, 0.2) is 39.8 Å². The van der Waals surface area contributed by atoms with E-state index in [0.29, 0.717) is 23.5 Å². The zero-order valence-electron chi connectivity index (χ0n) is 11.2. The highest BCUT2D eigenvalue weighted by molar-refractivity contribution is 7.07. The van der Waals surface area contributed by atoms with E-state index in [1.807, 2.05) is 0 Å². The molecule has 0 amide bonds. The summed E-state index contributed by atoms with van der Waals surface area (Å²) >= 11 is 1.73. The van der Waals surface area contributed by atoms with Gasteiger partial charge in [0.15, 0.2) is 0 Å². The fourth-order valence-corrected chi connectivity index (χ4v) is 3.06. The molecule has 7 heteroatoms. The average Bonchev–Trinajstić information content (AvgIpc) is 3.15. The van der Waals surface area contributed by atoms with E-state index in [0.717, 1.165) is 19.6 Å². The van der Waals surface area contributed by atoms with E-state index in [1.165, 1.54) is 5.56 Å². The Labute approximate surface area is 125 Å². The van der Waals surface area contributed by atoms with Gasteiger partial charge in [0.05, 0.1) is 5.92 Å². The van der Waals surface area contributed by atoms with E-state index < -0.39 is 0 Å². The normalized spacial score (nSPS) is 16.0. The van der Waals surface area contributed by atoms with Crippen LogP contribution in [0.1, 0.15) is 17.4 Å². The molecule has 3 aromatic rings. The molecule has 1 aliphatic heterocycles. The zero-order chi connectivity index (χ0) is 14.1. The van der Waals surface area contributed by atoms with Crippen LogP contribution < -0.4 is 0 Å². The summed E-state index contributed by atoms with van der Waals surface area (Å²) in [6, 6.07) is 3.92. The van der Waals surface area contributed by atoms with Crippen LogP contribution in [0.2, 0.25) is 0 Å². The maximum atomic E-state index is 5.34. The molecular weight excluding hydrogens is 286 g/mol. The molecule has 0 atom stereocenters. The van der Waals surface area contributed by atoms with Crippen LogP contribution in [0.3, 0.4) is 0 Å². The minimum atomic E-state index is 0.314. The number of hydrogen-bond acceptors (Lipinski definition) is 7. The molecular formula is C14H13N5OS. The predicted molar refractivity (Wildman–Crippen MR) is 77.7 cm³/mol. The Morgan fingerprint density at radius 1 is 1.24 bits per heavy atom. The summed E-state index contributed by atoms with van der Waals surface area (Å²) in [4.78, 5) is 15.0. The van der Waals surface area contributed by atoms with Crippen LogP contribution in [0, 0.1) is 0 Å². The molecule has 6 nitrogen and oxygen atoms in total. The van der Waals surface area contributed by atoms with Crippen molar-refractivity contribution >= 4 is 11.3 Å². The topological polar surface area (TPSA) is 67.9 Å². The van der Waals surface area contributed by atoms with Gasteiger partial charge < -0.3 is 4.52 Å². The third-order valence-corrected chi connectivity index (χ3v) is 4.23. The maximum absolute atomic E-state index is 5.34. The average molecular weight is 299 g/mol. The summed E-state index contributed by atoms with van der Waals surface area (Å²) in [5, 5.41) is 8.26. The molecule has 0 aromatic carbocycles. The number of likely N-dealkylation sites (tertiary alicyclic amines) is 1. The van der Waals surface area contributed by atoms with Crippen molar-refractivity contribution in [3.8, 4) is 11.6 Å². The van der Waals surface area contributed by atoms with Crippen LogP contribution in [-0.2, 0) is 6.54 Å². The molecule has 0 saturated carbocycles. The molecule has 1 saturated heterocycles. The Bertz CT molecular complexity index is 706. The van der Waals surface area contributed by atoms with E-state index in [2.05, 4.69) is 41.8 Å². The summed E-state index contributed by atoms with van der Waals surface area (Å²) in [7, 11) is 0. The summed E-state index contributed by atoms with van der Waals surface area (Å²) in [5.74, 6) is 1.96. The number of thiophene rings is 1. The Kier molecular flexibility index (Phi) is 3.21. The van der Waals surface area contributed by atoms with E-state index in [1.54, 1.807) is 29.8 Å². The second kappa shape index (κ2) is 5.34. The fourth-order valence-electron chi connectivity index (χ4n) is 2.40. The minimum Gasteiger partial charge on any atom is -0.338 e. The molecule has 1 aliphatic rings. The monoisotopic (exact) mass is 299 g/mol. The lowest BCUT2D eigenvalue weighted by Crippen LogP contribution is -2.44. The van der Waals surface area contributed by atoms with Crippen LogP contribution >= 0.6 is 11.3 Å². The quantitative estimate of drug-likeness (QED) is 0.735. The second-order valence-corrected chi connectivity index (χ2v) is 5.83. The fraction of sp³-hybridized carbons (Fsp3) is 0.286. The van der Waals surface area contributed by atoms with Crippen molar-refractivity contribution in [1.29, 1.82) is 0 Å². The molecule has 3 aromatic heterocycles. The van der Waals surface area contributed by atoms with Gasteiger partial charge in [-0.3, -0.25) is 4.90 Å². The van der Waals surface area contributed by atoms with Gasteiger partial charge in [0.2, 0.25) is 17.5 Å². The van der Waals surface area contributed by atoms with E-state index in [-0.39, 0.29) is 0 Å². The molecule has 0 radical (unpaired) electrons. The molecule has 0 unspecified atom stereocenters. The Hall–Kier alpha value is -2.12. The number of rotatable bonds is 4.